The van der Waals surface area contributed by atoms with Crippen molar-refractivity contribution in [2.45, 2.75) is 25.6 Å². The standard InChI is InChI=1S/C26H25N3O3/c30-25(28-16-19-9-3-1-4-10-19)24(15-21-17-27-23-14-8-7-13-22(21)23)29-26(31)32-18-20-11-5-2-6-12-20/h1-14,17,24,27H,15-16,18H2,(H,28,30)(H,29,31). The molecule has 3 N–H and O–H groups in total. The number of aromatic amines is 1. The predicted molar refractivity (Wildman–Crippen MR) is 124 cm³/mol. The average molecular weight is 428 g/mol. The normalized spacial score (nSPS) is 11.6. The smallest absolute Gasteiger partial charge is 0.408 e. The average Bonchev–Trinajstić information content (AvgIpc) is 3.25. The first-order valence-electron chi connectivity index (χ1n) is 10.5. The monoisotopic (exact) mass is 427 g/mol. The Balaban J connectivity index is 1.45. The number of nitrogens with one attached hydrogen (secondary N) is 3. The van der Waals surface area contributed by atoms with Gasteiger partial charge in [0, 0.05) is 30.1 Å². The van der Waals surface area contributed by atoms with Gasteiger partial charge in [0.05, 0.1) is 0 Å². The Bertz CT molecular complexity index is 1170. The van der Waals surface area contributed by atoms with Crippen LogP contribution in [0.4, 0.5) is 4.79 Å². The number of hydrogen-bond donors (Lipinski definition) is 3. The van der Waals surface area contributed by atoms with E-state index in [9.17, 15) is 9.59 Å². The molecule has 1 heterocycles. The molecule has 2 amide bonds. The fourth-order valence-electron chi connectivity index (χ4n) is 3.54. The van der Waals surface area contributed by atoms with E-state index >= 15 is 0 Å². The molecule has 1 atom stereocenters. The summed E-state index contributed by atoms with van der Waals surface area (Å²) in [4.78, 5) is 28.7. The van der Waals surface area contributed by atoms with Crippen LogP contribution in [-0.4, -0.2) is 23.0 Å². The molecule has 6 nitrogen and oxygen atoms in total. The van der Waals surface area contributed by atoms with Gasteiger partial charge in [0.15, 0.2) is 0 Å². The summed E-state index contributed by atoms with van der Waals surface area (Å²) in [5.41, 5.74) is 3.80. The molecule has 4 aromatic rings. The molecule has 0 saturated heterocycles. The molecule has 0 saturated carbocycles. The molecule has 4 rings (SSSR count). The molecule has 162 valence electrons. The van der Waals surface area contributed by atoms with Gasteiger partial charge >= 0.3 is 6.09 Å². The maximum absolute atomic E-state index is 13.0. The second-order valence-electron chi connectivity index (χ2n) is 7.53. The number of hydrogen-bond acceptors (Lipinski definition) is 3. The highest BCUT2D eigenvalue weighted by atomic mass is 16.5. The Morgan fingerprint density at radius 1 is 0.844 bits per heavy atom. The highest BCUT2D eigenvalue weighted by Crippen LogP contribution is 2.19. The summed E-state index contributed by atoms with van der Waals surface area (Å²) < 4.78 is 5.34. The molecule has 0 fully saturated rings. The zero-order valence-corrected chi connectivity index (χ0v) is 17.6. The van der Waals surface area contributed by atoms with E-state index in [2.05, 4.69) is 15.6 Å². The van der Waals surface area contributed by atoms with Crippen LogP contribution in [0.15, 0.2) is 91.1 Å². The van der Waals surface area contributed by atoms with Crippen LogP contribution in [0.3, 0.4) is 0 Å². The number of alkyl carbamates (subject to hydrolysis) is 1. The lowest BCUT2D eigenvalue weighted by Crippen LogP contribution is -2.48. The van der Waals surface area contributed by atoms with E-state index < -0.39 is 12.1 Å². The number of carbonyl (C=O) groups excluding carboxylic acids is 2. The zero-order chi connectivity index (χ0) is 22.2. The van der Waals surface area contributed by atoms with Crippen molar-refractivity contribution in [3.8, 4) is 0 Å². The van der Waals surface area contributed by atoms with Gasteiger partial charge in [0.2, 0.25) is 5.91 Å². The Hall–Kier alpha value is -4.06. The lowest BCUT2D eigenvalue weighted by atomic mass is 10.0. The van der Waals surface area contributed by atoms with Crippen LogP contribution in [0.1, 0.15) is 16.7 Å². The quantitative estimate of drug-likeness (QED) is 0.392. The van der Waals surface area contributed by atoms with Crippen LogP contribution in [-0.2, 0) is 29.1 Å². The summed E-state index contributed by atoms with van der Waals surface area (Å²) in [6.45, 7) is 0.517. The predicted octanol–water partition coefficient (Wildman–Crippen LogP) is 4.32. The third-order valence-electron chi connectivity index (χ3n) is 5.23. The number of amides is 2. The van der Waals surface area contributed by atoms with Gasteiger partial charge < -0.3 is 20.4 Å². The topological polar surface area (TPSA) is 83.2 Å². The molecule has 0 spiro atoms. The Kier molecular flexibility index (Phi) is 6.82. The molecule has 6 heteroatoms. The Labute approximate surface area is 186 Å². The molecule has 0 aliphatic heterocycles. The van der Waals surface area contributed by atoms with Crippen LogP contribution in [0.25, 0.3) is 10.9 Å². The Morgan fingerprint density at radius 2 is 1.50 bits per heavy atom. The lowest BCUT2D eigenvalue weighted by molar-refractivity contribution is -0.123. The number of fused-ring (bicyclic) bond motifs is 1. The van der Waals surface area contributed by atoms with E-state index in [0.29, 0.717) is 13.0 Å². The van der Waals surface area contributed by atoms with Crippen LogP contribution in [0.2, 0.25) is 0 Å². The highest BCUT2D eigenvalue weighted by molar-refractivity contribution is 5.88. The maximum atomic E-state index is 13.0. The summed E-state index contributed by atoms with van der Waals surface area (Å²) in [6, 6.07) is 26.2. The van der Waals surface area contributed by atoms with Crippen molar-refractivity contribution < 1.29 is 14.3 Å². The second kappa shape index (κ2) is 10.3. The van der Waals surface area contributed by atoms with Crippen molar-refractivity contribution in [2.24, 2.45) is 0 Å². The number of benzene rings is 3. The summed E-state index contributed by atoms with van der Waals surface area (Å²) >= 11 is 0. The zero-order valence-electron chi connectivity index (χ0n) is 17.6. The number of H-pyrrole nitrogens is 1. The first-order valence-corrected chi connectivity index (χ1v) is 10.5. The maximum Gasteiger partial charge on any atom is 0.408 e. The largest absolute Gasteiger partial charge is 0.445 e. The van der Waals surface area contributed by atoms with Crippen LogP contribution in [0.5, 0.6) is 0 Å². The van der Waals surface area contributed by atoms with Gasteiger partial charge in [-0.1, -0.05) is 78.9 Å². The van der Waals surface area contributed by atoms with Gasteiger partial charge in [0.1, 0.15) is 12.6 Å². The number of rotatable bonds is 8. The van der Waals surface area contributed by atoms with Gasteiger partial charge in [-0.05, 0) is 22.8 Å². The lowest BCUT2D eigenvalue weighted by Gasteiger charge is -2.18. The SMILES string of the molecule is O=C(NC(Cc1c[nH]c2ccccc12)C(=O)NCc1ccccc1)OCc1ccccc1. The van der Waals surface area contributed by atoms with E-state index in [-0.39, 0.29) is 12.5 Å². The van der Waals surface area contributed by atoms with Crippen LogP contribution in [0, 0.1) is 0 Å². The first-order chi connectivity index (χ1) is 15.7. The van der Waals surface area contributed by atoms with E-state index in [1.54, 1.807) is 0 Å². The minimum absolute atomic E-state index is 0.137. The fraction of sp³-hybridized carbons (Fsp3) is 0.154. The molecule has 3 aromatic carbocycles. The molecule has 32 heavy (non-hydrogen) atoms. The summed E-state index contributed by atoms with van der Waals surface area (Å²) in [5.74, 6) is -0.268. The molecule has 0 bridgehead atoms. The van der Waals surface area contributed by atoms with Crippen molar-refractivity contribution in [2.75, 3.05) is 0 Å². The molecular weight excluding hydrogens is 402 g/mol. The summed E-state index contributed by atoms with van der Waals surface area (Å²) in [5, 5.41) is 6.68. The minimum Gasteiger partial charge on any atom is -0.445 e. The number of para-hydroxylation sites is 1. The van der Waals surface area contributed by atoms with Crippen LogP contribution < -0.4 is 10.6 Å². The minimum atomic E-state index is -0.777. The van der Waals surface area contributed by atoms with Crippen LogP contribution >= 0.6 is 0 Å². The van der Waals surface area contributed by atoms with E-state index in [1.807, 2.05) is 91.1 Å². The molecule has 1 unspecified atom stereocenters. The first kappa shape index (κ1) is 21.2. The number of ether oxygens (including phenoxy) is 1. The highest BCUT2D eigenvalue weighted by Gasteiger charge is 2.23. The third-order valence-corrected chi connectivity index (χ3v) is 5.23. The van der Waals surface area contributed by atoms with E-state index in [4.69, 9.17) is 4.74 Å². The van der Waals surface area contributed by atoms with Crippen molar-refractivity contribution in [3.05, 3.63) is 108 Å². The number of carbonyl (C=O) groups is 2. The number of aromatic nitrogens is 1. The molecule has 0 radical (unpaired) electrons. The van der Waals surface area contributed by atoms with Gasteiger partial charge in [0.25, 0.3) is 0 Å². The third kappa shape index (κ3) is 5.55. The van der Waals surface area contributed by atoms with E-state index in [0.717, 1.165) is 27.6 Å². The fourth-order valence-corrected chi connectivity index (χ4v) is 3.54. The summed E-state index contributed by atoms with van der Waals surface area (Å²) in [6.07, 6.45) is 1.58. The van der Waals surface area contributed by atoms with Crippen molar-refractivity contribution in [3.63, 3.8) is 0 Å². The van der Waals surface area contributed by atoms with E-state index in [1.165, 1.54) is 0 Å². The van der Waals surface area contributed by atoms with Gasteiger partial charge in [-0.25, -0.2) is 4.79 Å². The van der Waals surface area contributed by atoms with Gasteiger partial charge in [-0.3, -0.25) is 4.79 Å². The van der Waals surface area contributed by atoms with Crippen molar-refractivity contribution >= 4 is 22.9 Å². The molecule has 0 aliphatic carbocycles. The second-order valence-corrected chi connectivity index (χ2v) is 7.53. The Morgan fingerprint density at radius 3 is 2.25 bits per heavy atom. The van der Waals surface area contributed by atoms with Crippen molar-refractivity contribution in [1.82, 2.24) is 15.6 Å². The molecular formula is C26H25N3O3. The van der Waals surface area contributed by atoms with Gasteiger partial charge in [-0.15, -0.1) is 0 Å². The summed E-state index contributed by atoms with van der Waals surface area (Å²) in [7, 11) is 0. The van der Waals surface area contributed by atoms with Crippen molar-refractivity contribution in [1.29, 1.82) is 0 Å². The molecule has 0 aliphatic rings. The molecule has 1 aromatic heterocycles. The van der Waals surface area contributed by atoms with Gasteiger partial charge in [-0.2, -0.15) is 0 Å².